The van der Waals surface area contributed by atoms with Gasteiger partial charge in [0.2, 0.25) is 0 Å². The highest BCUT2D eigenvalue weighted by molar-refractivity contribution is 7.99. The zero-order valence-corrected chi connectivity index (χ0v) is 8.36. The number of nitrogens with zero attached hydrogens (tertiary/aromatic N) is 1. The van der Waals surface area contributed by atoms with Crippen molar-refractivity contribution < 1.29 is 9.96 Å². The van der Waals surface area contributed by atoms with Gasteiger partial charge in [-0.1, -0.05) is 0 Å². The molecule has 1 N–H and O–H groups in total. The summed E-state index contributed by atoms with van der Waals surface area (Å²) in [6.45, 7) is 10.1. The SMILES string of the molecule is CC[N+]1(CC)CCSCC1.[OH-]. The van der Waals surface area contributed by atoms with Gasteiger partial charge in [-0.25, -0.2) is 0 Å². The van der Waals surface area contributed by atoms with Gasteiger partial charge >= 0.3 is 0 Å². The molecule has 0 aromatic heterocycles. The number of hydrogen-bond donors (Lipinski definition) is 0. The lowest BCUT2D eigenvalue weighted by molar-refractivity contribution is -0.921. The Bertz CT molecular complexity index is 96.3. The molecule has 0 aliphatic carbocycles. The van der Waals surface area contributed by atoms with E-state index in [1.807, 2.05) is 0 Å². The van der Waals surface area contributed by atoms with Crippen molar-refractivity contribution in [2.75, 3.05) is 37.7 Å². The average molecular weight is 177 g/mol. The second-order valence-corrected chi connectivity index (χ2v) is 4.26. The van der Waals surface area contributed by atoms with Crippen LogP contribution in [0.2, 0.25) is 0 Å². The zero-order valence-electron chi connectivity index (χ0n) is 7.55. The quantitative estimate of drug-likeness (QED) is 0.597. The molecule has 1 aliphatic rings. The fourth-order valence-electron chi connectivity index (χ4n) is 1.59. The van der Waals surface area contributed by atoms with Crippen LogP contribution in [0.3, 0.4) is 0 Å². The molecule has 68 valence electrons. The van der Waals surface area contributed by atoms with Gasteiger partial charge < -0.3 is 9.96 Å². The van der Waals surface area contributed by atoms with E-state index in [9.17, 15) is 0 Å². The van der Waals surface area contributed by atoms with Gasteiger partial charge in [0, 0.05) is 11.5 Å². The Labute approximate surface area is 73.9 Å². The highest BCUT2D eigenvalue weighted by Crippen LogP contribution is 2.17. The monoisotopic (exact) mass is 177 g/mol. The number of hydrogen-bond acceptors (Lipinski definition) is 2. The molecule has 1 aliphatic heterocycles. The molecule has 0 amide bonds. The topological polar surface area (TPSA) is 30.0 Å². The van der Waals surface area contributed by atoms with E-state index in [1.54, 1.807) is 0 Å². The summed E-state index contributed by atoms with van der Waals surface area (Å²) in [6.07, 6.45) is 0. The molecular formula is C8H19NOS. The van der Waals surface area contributed by atoms with E-state index in [0.717, 1.165) is 0 Å². The maximum atomic E-state index is 2.32. The summed E-state index contributed by atoms with van der Waals surface area (Å²) in [7, 11) is 0. The second kappa shape index (κ2) is 5.01. The van der Waals surface area contributed by atoms with Gasteiger partial charge in [-0.3, -0.25) is 0 Å². The van der Waals surface area contributed by atoms with Crippen LogP contribution in [0.5, 0.6) is 0 Å². The zero-order chi connectivity index (χ0) is 7.45. The first kappa shape index (κ1) is 11.3. The predicted octanol–water partition coefficient (Wildman–Crippen LogP) is 1.41. The van der Waals surface area contributed by atoms with E-state index in [2.05, 4.69) is 25.6 Å². The van der Waals surface area contributed by atoms with Crippen LogP contribution in [0, 0.1) is 0 Å². The molecule has 0 spiro atoms. The molecule has 1 saturated heterocycles. The maximum absolute atomic E-state index is 2.32. The molecule has 0 saturated carbocycles. The van der Waals surface area contributed by atoms with Crippen LogP contribution < -0.4 is 0 Å². The third kappa shape index (κ3) is 2.65. The summed E-state index contributed by atoms with van der Waals surface area (Å²) in [6, 6.07) is 0. The van der Waals surface area contributed by atoms with Crippen LogP contribution in [0.25, 0.3) is 0 Å². The number of thioether (sulfide) groups is 1. The van der Waals surface area contributed by atoms with Gasteiger partial charge in [-0.15, -0.1) is 0 Å². The fourth-order valence-corrected chi connectivity index (χ4v) is 2.82. The van der Waals surface area contributed by atoms with Gasteiger partial charge in [-0.2, -0.15) is 11.8 Å². The minimum Gasteiger partial charge on any atom is -0.870 e. The van der Waals surface area contributed by atoms with E-state index < -0.39 is 0 Å². The van der Waals surface area contributed by atoms with Gasteiger partial charge in [0.1, 0.15) is 0 Å². The summed E-state index contributed by atoms with van der Waals surface area (Å²) in [5.74, 6) is 2.75. The van der Waals surface area contributed by atoms with E-state index in [0.29, 0.717) is 0 Å². The largest absolute Gasteiger partial charge is 0.870 e. The average Bonchev–Trinajstić information content (AvgIpc) is 2.06. The Morgan fingerprint density at radius 1 is 1.09 bits per heavy atom. The van der Waals surface area contributed by atoms with E-state index in [4.69, 9.17) is 0 Å². The van der Waals surface area contributed by atoms with Crippen molar-refractivity contribution in [3.63, 3.8) is 0 Å². The van der Waals surface area contributed by atoms with E-state index in [1.165, 1.54) is 42.2 Å². The third-order valence-electron chi connectivity index (χ3n) is 2.76. The normalized spacial score (nSPS) is 22.4. The minimum atomic E-state index is 0. The molecule has 0 unspecified atom stereocenters. The van der Waals surface area contributed by atoms with E-state index >= 15 is 0 Å². The Kier molecular flexibility index (Phi) is 5.13. The predicted molar refractivity (Wildman–Crippen MR) is 50.3 cm³/mol. The van der Waals surface area contributed by atoms with Crippen LogP contribution >= 0.6 is 11.8 Å². The van der Waals surface area contributed by atoms with Crippen molar-refractivity contribution in [3.8, 4) is 0 Å². The van der Waals surface area contributed by atoms with Crippen LogP contribution in [-0.2, 0) is 0 Å². The highest BCUT2D eigenvalue weighted by atomic mass is 32.2. The van der Waals surface area contributed by atoms with Crippen molar-refractivity contribution in [2.45, 2.75) is 13.8 Å². The molecule has 0 aromatic carbocycles. The summed E-state index contributed by atoms with van der Waals surface area (Å²) in [5.41, 5.74) is 0. The lowest BCUT2D eigenvalue weighted by Crippen LogP contribution is -2.52. The van der Waals surface area contributed by atoms with Crippen molar-refractivity contribution in [1.82, 2.24) is 0 Å². The van der Waals surface area contributed by atoms with Crippen LogP contribution in [0.15, 0.2) is 0 Å². The first-order chi connectivity index (χ1) is 4.83. The first-order valence-electron chi connectivity index (χ1n) is 4.26. The molecule has 0 radical (unpaired) electrons. The smallest absolute Gasteiger partial charge is 0.0878 e. The fraction of sp³-hybridized carbons (Fsp3) is 1.00. The van der Waals surface area contributed by atoms with Crippen molar-refractivity contribution in [1.29, 1.82) is 0 Å². The minimum absolute atomic E-state index is 0. The second-order valence-electron chi connectivity index (χ2n) is 3.03. The summed E-state index contributed by atoms with van der Waals surface area (Å²) in [5, 5.41) is 0. The third-order valence-corrected chi connectivity index (χ3v) is 3.70. The Hall–Kier alpha value is 0.270. The number of quaternary nitrogens is 1. The summed E-state index contributed by atoms with van der Waals surface area (Å²) >= 11 is 2.11. The Morgan fingerprint density at radius 2 is 1.55 bits per heavy atom. The molecule has 1 fully saturated rings. The first-order valence-corrected chi connectivity index (χ1v) is 5.41. The van der Waals surface area contributed by atoms with Crippen molar-refractivity contribution in [3.05, 3.63) is 0 Å². The summed E-state index contributed by atoms with van der Waals surface area (Å²) in [4.78, 5) is 0. The van der Waals surface area contributed by atoms with Gasteiger partial charge in [0.25, 0.3) is 0 Å². The van der Waals surface area contributed by atoms with Gasteiger partial charge in [-0.05, 0) is 13.8 Å². The molecule has 3 heteroatoms. The standard InChI is InChI=1S/C8H18NS.H2O/c1-3-9(4-2)5-7-10-8-6-9;/h3-8H2,1-2H3;1H2/q+1;/p-1. The lowest BCUT2D eigenvalue weighted by Gasteiger charge is -2.39. The molecule has 11 heavy (non-hydrogen) atoms. The van der Waals surface area contributed by atoms with Gasteiger partial charge in [0.15, 0.2) is 0 Å². The van der Waals surface area contributed by atoms with E-state index in [-0.39, 0.29) is 5.48 Å². The van der Waals surface area contributed by atoms with Crippen LogP contribution in [0.1, 0.15) is 13.8 Å². The molecule has 1 heterocycles. The maximum Gasteiger partial charge on any atom is 0.0878 e. The molecule has 0 atom stereocenters. The summed E-state index contributed by atoms with van der Waals surface area (Å²) < 4.78 is 1.37. The Balaban J connectivity index is 0.000001000. The molecule has 0 aromatic rings. The highest BCUT2D eigenvalue weighted by Gasteiger charge is 2.25. The molecule has 0 bridgehead atoms. The molecule has 1 rings (SSSR count). The Morgan fingerprint density at radius 3 is 1.82 bits per heavy atom. The van der Waals surface area contributed by atoms with Crippen LogP contribution in [0.4, 0.5) is 0 Å². The lowest BCUT2D eigenvalue weighted by atomic mass is 10.3. The van der Waals surface area contributed by atoms with Crippen molar-refractivity contribution >= 4 is 11.8 Å². The van der Waals surface area contributed by atoms with Crippen LogP contribution in [-0.4, -0.2) is 47.6 Å². The molecule has 2 nitrogen and oxygen atoms in total. The number of rotatable bonds is 2. The van der Waals surface area contributed by atoms with Gasteiger partial charge in [0.05, 0.1) is 26.2 Å². The van der Waals surface area contributed by atoms with Crippen molar-refractivity contribution in [2.24, 2.45) is 0 Å². The molecular weight excluding hydrogens is 158 g/mol.